The van der Waals surface area contributed by atoms with E-state index in [0.29, 0.717) is 23.2 Å². The van der Waals surface area contributed by atoms with E-state index in [0.717, 1.165) is 29.1 Å². The molecule has 0 atom stereocenters. The summed E-state index contributed by atoms with van der Waals surface area (Å²) in [4.78, 5) is 7.00. The highest BCUT2D eigenvalue weighted by molar-refractivity contribution is 6.33. The molecule has 32 heavy (non-hydrogen) atoms. The van der Waals surface area contributed by atoms with Crippen LogP contribution in [0.5, 0.6) is 11.5 Å². The quantitative estimate of drug-likeness (QED) is 0.414. The summed E-state index contributed by atoms with van der Waals surface area (Å²) in [6.45, 7) is 4.04. The van der Waals surface area contributed by atoms with Gasteiger partial charge in [-0.1, -0.05) is 11.6 Å². The van der Waals surface area contributed by atoms with E-state index in [1.54, 1.807) is 22.7 Å². The number of aromatic hydroxyl groups is 1. The summed E-state index contributed by atoms with van der Waals surface area (Å²) in [7, 11) is 0. The van der Waals surface area contributed by atoms with E-state index in [9.17, 15) is 5.11 Å². The maximum Gasteiger partial charge on any atom is 0.247 e. The average molecular weight is 450 g/mol. The minimum atomic E-state index is 0.163. The van der Waals surface area contributed by atoms with Crippen molar-refractivity contribution in [1.29, 1.82) is 0 Å². The van der Waals surface area contributed by atoms with Crippen LogP contribution in [0, 0.1) is 0 Å². The van der Waals surface area contributed by atoms with Crippen LogP contribution < -0.4 is 10.1 Å². The fourth-order valence-corrected chi connectivity index (χ4v) is 4.13. The number of halogens is 1. The van der Waals surface area contributed by atoms with Crippen molar-refractivity contribution in [1.82, 2.24) is 19.5 Å². The monoisotopic (exact) mass is 449 g/mol. The molecule has 0 aliphatic carbocycles. The van der Waals surface area contributed by atoms with Gasteiger partial charge in [0.1, 0.15) is 18.1 Å². The predicted octanol–water partition coefficient (Wildman–Crippen LogP) is 4.97. The smallest absolute Gasteiger partial charge is 0.247 e. The maximum absolute atomic E-state index is 9.78. The number of nitrogens with one attached hydrogen (secondary N) is 1. The Balaban J connectivity index is 1.25. The summed E-state index contributed by atoms with van der Waals surface area (Å²) in [6.07, 6.45) is 4.41. The Morgan fingerprint density at radius 2 is 1.84 bits per heavy atom. The van der Waals surface area contributed by atoms with E-state index in [-0.39, 0.29) is 5.75 Å². The largest absolute Gasteiger partial charge is 0.508 e. The summed E-state index contributed by atoms with van der Waals surface area (Å²) in [5, 5.41) is 18.0. The third-order valence-electron chi connectivity index (χ3n) is 5.58. The number of nitrogens with zero attached hydrogens (tertiary/aromatic N) is 4. The van der Waals surface area contributed by atoms with Gasteiger partial charge in [-0.05, 0) is 86.1 Å². The number of anilines is 2. The SMILES string of the molecule is Oc1ccc(Cl)c(-c2ccn3nc(Nc4ccc(OCCN5CCCC5)cc4)nc3c2)c1. The highest BCUT2D eigenvalue weighted by Crippen LogP contribution is 2.31. The third kappa shape index (κ3) is 4.64. The van der Waals surface area contributed by atoms with Gasteiger partial charge in [-0.25, -0.2) is 4.52 Å². The number of hydrogen-bond donors (Lipinski definition) is 2. The van der Waals surface area contributed by atoms with Crippen molar-refractivity contribution in [2.45, 2.75) is 12.8 Å². The van der Waals surface area contributed by atoms with Crippen LogP contribution in [-0.2, 0) is 0 Å². The second-order valence-electron chi connectivity index (χ2n) is 7.86. The molecule has 2 N–H and O–H groups in total. The summed E-state index contributed by atoms with van der Waals surface area (Å²) >= 11 is 6.29. The van der Waals surface area contributed by atoms with Gasteiger partial charge in [0.25, 0.3) is 0 Å². The number of ether oxygens (including phenoxy) is 1. The first-order valence-electron chi connectivity index (χ1n) is 10.7. The molecule has 4 aromatic rings. The molecule has 8 heteroatoms. The van der Waals surface area contributed by atoms with Gasteiger partial charge in [0.2, 0.25) is 5.95 Å². The number of phenolic OH excluding ortho intramolecular Hbond substituents is 1. The Morgan fingerprint density at radius 3 is 2.66 bits per heavy atom. The van der Waals surface area contributed by atoms with Gasteiger partial charge in [-0.2, -0.15) is 4.98 Å². The molecule has 7 nitrogen and oxygen atoms in total. The molecular weight excluding hydrogens is 426 g/mol. The molecule has 1 aliphatic rings. The zero-order valence-corrected chi connectivity index (χ0v) is 18.3. The van der Waals surface area contributed by atoms with Crippen molar-refractivity contribution in [2.24, 2.45) is 0 Å². The standard InChI is InChI=1S/C24H24ClN5O2/c25-22-8-5-19(31)16-21(22)17-9-12-30-23(15-17)27-24(28-30)26-18-3-6-20(7-4-18)32-14-13-29-10-1-2-11-29/h3-9,12,15-16,31H,1-2,10-11,13-14H2,(H,26,28). The summed E-state index contributed by atoms with van der Waals surface area (Å²) < 4.78 is 7.55. The number of rotatable bonds is 7. The van der Waals surface area contributed by atoms with Crippen molar-refractivity contribution >= 4 is 28.9 Å². The molecular formula is C24H24ClN5O2. The van der Waals surface area contributed by atoms with Crippen LogP contribution in [0.15, 0.2) is 60.8 Å². The first-order valence-corrected chi connectivity index (χ1v) is 11.1. The first kappa shape index (κ1) is 20.6. The summed E-state index contributed by atoms with van der Waals surface area (Å²) in [5.41, 5.74) is 3.15. The maximum atomic E-state index is 9.78. The predicted molar refractivity (Wildman–Crippen MR) is 126 cm³/mol. The molecule has 1 aliphatic heterocycles. The molecule has 1 fully saturated rings. The van der Waals surface area contributed by atoms with Crippen molar-refractivity contribution in [2.75, 3.05) is 31.6 Å². The Morgan fingerprint density at radius 1 is 1.03 bits per heavy atom. The average Bonchev–Trinajstić information content (AvgIpc) is 3.45. The number of likely N-dealkylation sites (tertiary alicyclic amines) is 1. The molecule has 2 aromatic heterocycles. The number of hydrogen-bond acceptors (Lipinski definition) is 6. The highest BCUT2D eigenvalue weighted by Gasteiger charge is 2.11. The fraction of sp³-hybridized carbons (Fsp3) is 0.250. The summed E-state index contributed by atoms with van der Waals surface area (Å²) in [5.74, 6) is 1.51. The molecule has 3 heterocycles. The lowest BCUT2D eigenvalue weighted by Crippen LogP contribution is -2.25. The minimum Gasteiger partial charge on any atom is -0.508 e. The number of benzene rings is 2. The van der Waals surface area contributed by atoms with E-state index < -0.39 is 0 Å². The summed E-state index contributed by atoms with van der Waals surface area (Å²) in [6, 6.07) is 16.5. The Labute approximate surface area is 191 Å². The van der Waals surface area contributed by atoms with Crippen LogP contribution in [0.1, 0.15) is 12.8 Å². The van der Waals surface area contributed by atoms with E-state index in [2.05, 4.69) is 20.3 Å². The lowest BCUT2D eigenvalue weighted by atomic mass is 10.1. The van der Waals surface area contributed by atoms with Crippen molar-refractivity contribution in [3.8, 4) is 22.6 Å². The van der Waals surface area contributed by atoms with Gasteiger partial charge in [0.05, 0.1) is 0 Å². The van der Waals surface area contributed by atoms with Crippen LogP contribution in [0.4, 0.5) is 11.6 Å². The Kier molecular flexibility index (Phi) is 5.83. The van der Waals surface area contributed by atoms with Crippen LogP contribution in [0.25, 0.3) is 16.8 Å². The fourth-order valence-electron chi connectivity index (χ4n) is 3.90. The van der Waals surface area contributed by atoms with Crippen LogP contribution in [0.3, 0.4) is 0 Å². The molecule has 5 rings (SSSR count). The number of pyridine rings is 1. The van der Waals surface area contributed by atoms with Gasteiger partial charge in [-0.15, -0.1) is 5.10 Å². The lowest BCUT2D eigenvalue weighted by molar-refractivity contribution is 0.238. The van der Waals surface area contributed by atoms with Gasteiger partial charge in [0, 0.05) is 29.0 Å². The molecule has 1 saturated heterocycles. The second kappa shape index (κ2) is 9.06. The molecule has 0 radical (unpaired) electrons. The molecule has 0 bridgehead atoms. The molecule has 0 unspecified atom stereocenters. The second-order valence-corrected chi connectivity index (χ2v) is 8.27. The van der Waals surface area contributed by atoms with Crippen LogP contribution in [-0.4, -0.2) is 50.8 Å². The Bertz CT molecular complexity index is 1220. The molecule has 0 amide bonds. The van der Waals surface area contributed by atoms with Gasteiger partial charge < -0.3 is 15.2 Å². The topological polar surface area (TPSA) is 74.9 Å². The lowest BCUT2D eigenvalue weighted by Gasteiger charge is -2.15. The van der Waals surface area contributed by atoms with Gasteiger partial charge >= 0.3 is 0 Å². The van der Waals surface area contributed by atoms with Crippen molar-refractivity contribution < 1.29 is 9.84 Å². The molecule has 0 spiro atoms. The first-order chi connectivity index (χ1) is 15.6. The Hall–Kier alpha value is -3.29. The van der Waals surface area contributed by atoms with Gasteiger partial charge in [0.15, 0.2) is 5.65 Å². The molecule has 2 aromatic carbocycles. The van der Waals surface area contributed by atoms with E-state index in [1.807, 2.05) is 42.6 Å². The van der Waals surface area contributed by atoms with Crippen molar-refractivity contribution in [3.63, 3.8) is 0 Å². The third-order valence-corrected chi connectivity index (χ3v) is 5.91. The van der Waals surface area contributed by atoms with E-state index in [4.69, 9.17) is 16.3 Å². The molecule has 0 saturated carbocycles. The van der Waals surface area contributed by atoms with E-state index >= 15 is 0 Å². The number of fused-ring (bicyclic) bond motifs is 1. The van der Waals surface area contributed by atoms with E-state index in [1.165, 1.54) is 25.9 Å². The zero-order valence-electron chi connectivity index (χ0n) is 17.5. The number of phenols is 1. The van der Waals surface area contributed by atoms with Gasteiger partial charge in [-0.3, -0.25) is 4.90 Å². The minimum absolute atomic E-state index is 0.163. The van der Waals surface area contributed by atoms with Crippen molar-refractivity contribution in [3.05, 3.63) is 65.8 Å². The number of aromatic nitrogens is 3. The molecule has 164 valence electrons. The zero-order chi connectivity index (χ0) is 21.9. The highest BCUT2D eigenvalue weighted by atomic mass is 35.5. The normalized spacial score (nSPS) is 14.2. The van der Waals surface area contributed by atoms with Crippen LogP contribution in [0.2, 0.25) is 5.02 Å². The van der Waals surface area contributed by atoms with Crippen LogP contribution >= 0.6 is 11.6 Å².